The topological polar surface area (TPSA) is 35.6 Å². The predicted molar refractivity (Wildman–Crippen MR) is 99.9 cm³/mol. The van der Waals surface area contributed by atoms with E-state index in [2.05, 4.69) is 52.4 Å². The van der Waals surface area contributed by atoms with Crippen molar-refractivity contribution in [1.29, 1.82) is 0 Å². The summed E-state index contributed by atoms with van der Waals surface area (Å²) in [6.07, 6.45) is 3.49. The molecule has 1 aliphatic rings. The van der Waals surface area contributed by atoms with Gasteiger partial charge in [-0.1, -0.05) is 37.3 Å². The molecule has 1 fully saturated rings. The van der Waals surface area contributed by atoms with Gasteiger partial charge < -0.3 is 5.32 Å². The van der Waals surface area contributed by atoms with Gasteiger partial charge in [0.05, 0.1) is 6.54 Å². The highest BCUT2D eigenvalue weighted by atomic mass is 16.2. The lowest BCUT2D eigenvalue weighted by Crippen LogP contribution is -2.51. The first-order valence-electron chi connectivity index (χ1n) is 9.38. The lowest BCUT2D eigenvalue weighted by Gasteiger charge is -2.39. The molecular weight excluding hydrogens is 298 g/mol. The summed E-state index contributed by atoms with van der Waals surface area (Å²) in [5.74, 6) is 0.152. The first-order valence-corrected chi connectivity index (χ1v) is 9.38. The van der Waals surface area contributed by atoms with E-state index in [1.54, 1.807) is 0 Å². The van der Waals surface area contributed by atoms with Crippen LogP contribution in [0.15, 0.2) is 30.3 Å². The number of hydrogen-bond acceptors (Lipinski definition) is 3. The van der Waals surface area contributed by atoms with Crippen molar-refractivity contribution < 1.29 is 4.79 Å². The number of likely N-dealkylation sites (tertiary alicyclic amines) is 1. The van der Waals surface area contributed by atoms with E-state index in [-0.39, 0.29) is 11.9 Å². The highest BCUT2D eigenvalue weighted by Crippen LogP contribution is 2.18. The highest BCUT2D eigenvalue weighted by Gasteiger charge is 2.26. The Kier molecular flexibility index (Phi) is 7.73. The molecule has 1 amide bonds. The van der Waals surface area contributed by atoms with Crippen molar-refractivity contribution in [3.63, 3.8) is 0 Å². The Morgan fingerprint density at radius 1 is 1.33 bits per heavy atom. The van der Waals surface area contributed by atoms with Crippen LogP contribution in [0.2, 0.25) is 0 Å². The van der Waals surface area contributed by atoms with Gasteiger partial charge in [-0.15, -0.1) is 0 Å². The minimum atomic E-state index is 0.152. The molecule has 0 aliphatic carbocycles. The molecule has 4 heteroatoms. The summed E-state index contributed by atoms with van der Waals surface area (Å²) in [6.45, 7) is 11.0. The molecule has 1 heterocycles. The first kappa shape index (κ1) is 18.9. The fraction of sp³-hybridized carbons (Fsp3) is 0.650. The summed E-state index contributed by atoms with van der Waals surface area (Å²) in [5, 5.41) is 3.03. The zero-order valence-electron chi connectivity index (χ0n) is 15.5. The normalized spacial score (nSPS) is 19.0. The minimum absolute atomic E-state index is 0.152. The van der Waals surface area contributed by atoms with Crippen LogP contribution in [-0.4, -0.2) is 54.0 Å². The van der Waals surface area contributed by atoms with E-state index in [4.69, 9.17) is 0 Å². The molecule has 1 aromatic carbocycles. The molecule has 0 spiro atoms. The van der Waals surface area contributed by atoms with Crippen molar-refractivity contribution >= 4 is 5.91 Å². The van der Waals surface area contributed by atoms with Crippen LogP contribution in [0.5, 0.6) is 0 Å². The third-order valence-corrected chi connectivity index (χ3v) is 4.55. The summed E-state index contributed by atoms with van der Waals surface area (Å²) < 4.78 is 0. The molecule has 1 aliphatic heterocycles. The largest absolute Gasteiger partial charge is 0.353 e. The third-order valence-electron chi connectivity index (χ3n) is 4.55. The molecule has 1 saturated heterocycles. The lowest BCUT2D eigenvalue weighted by atomic mass is 10.0. The molecule has 24 heavy (non-hydrogen) atoms. The fourth-order valence-corrected chi connectivity index (χ4v) is 3.54. The van der Waals surface area contributed by atoms with Crippen LogP contribution < -0.4 is 5.32 Å². The lowest BCUT2D eigenvalue weighted by molar-refractivity contribution is -0.123. The second-order valence-electron chi connectivity index (χ2n) is 7.21. The maximum absolute atomic E-state index is 12.2. The highest BCUT2D eigenvalue weighted by molar-refractivity contribution is 5.78. The Hall–Kier alpha value is -1.39. The van der Waals surface area contributed by atoms with Crippen LogP contribution in [-0.2, 0) is 11.3 Å². The van der Waals surface area contributed by atoms with Gasteiger partial charge in [0, 0.05) is 25.2 Å². The van der Waals surface area contributed by atoms with Gasteiger partial charge in [-0.05, 0) is 51.8 Å². The second-order valence-corrected chi connectivity index (χ2v) is 7.21. The predicted octanol–water partition coefficient (Wildman–Crippen LogP) is 2.89. The average molecular weight is 332 g/mol. The average Bonchev–Trinajstić information content (AvgIpc) is 2.55. The number of carbonyl (C=O) groups excluding carboxylic acids is 1. The molecule has 1 unspecified atom stereocenters. The first-order chi connectivity index (χ1) is 11.6. The van der Waals surface area contributed by atoms with Crippen LogP contribution >= 0.6 is 0 Å². The molecule has 0 radical (unpaired) electrons. The zero-order chi connectivity index (χ0) is 17.4. The Morgan fingerprint density at radius 2 is 2.08 bits per heavy atom. The van der Waals surface area contributed by atoms with E-state index >= 15 is 0 Å². The van der Waals surface area contributed by atoms with Crippen molar-refractivity contribution in [2.75, 3.05) is 26.2 Å². The van der Waals surface area contributed by atoms with Crippen molar-refractivity contribution in [2.45, 2.75) is 58.7 Å². The van der Waals surface area contributed by atoms with Crippen LogP contribution in [0.1, 0.15) is 45.6 Å². The van der Waals surface area contributed by atoms with Gasteiger partial charge in [-0.2, -0.15) is 0 Å². The summed E-state index contributed by atoms with van der Waals surface area (Å²) in [5.41, 5.74) is 1.37. The molecule has 134 valence electrons. The maximum atomic E-state index is 12.2. The smallest absolute Gasteiger partial charge is 0.234 e. The summed E-state index contributed by atoms with van der Waals surface area (Å²) >= 11 is 0. The molecule has 1 atom stereocenters. The van der Waals surface area contributed by atoms with Gasteiger partial charge in [-0.25, -0.2) is 0 Å². The Labute approximate surface area is 147 Å². The van der Waals surface area contributed by atoms with Crippen LogP contribution in [0, 0.1) is 0 Å². The quantitative estimate of drug-likeness (QED) is 0.795. The summed E-state index contributed by atoms with van der Waals surface area (Å²) in [4.78, 5) is 17.1. The second kappa shape index (κ2) is 9.80. The maximum Gasteiger partial charge on any atom is 0.234 e. The molecular formula is C20H33N3O. The number of piperidine rings is 1. The van der Waals surface area contributed by atoms with Crippen molar-refractivity contribution in [2.24, 2.45) is 0 Å². The van der Waals surface area contributed by atoms with Crippen molar-refractivity contribution in [3.8, 4) is 0 Å². The van der Waals surface area contributed by atoms with E-state index in [0.717, 1.165) is 32.6 Å². The number of nitrogens with one attached hydrogen (secondary N) is 1. The van der Waals surface area contributed by atoms with Crippen molar-refractivity contribution in [3.05, 3.63) is 35.9 Å². The van der Waals surface area contributed by atoms with E-state index in [0.29, 0.717) is 12.6 Å². The summed E-state index contributed by atoms with van der Waals surface area (Å²) in [6, 6.07) is 11.4. The van der Waals surface area contributed by atoms with Crippen molar-refractivity contribution in [1.82, 2.24) is 15.1 Å². The Balaban J connectivity index is 1.92. The van der Waals surface area contributed by atoms with Gasteiger partial charge in [0.2, 0.25) is 5.91 Å². The van der Waals surface area contributed by atoms with Gasteiger partial charge in [0.1, 0.15) is 0 Å². The standard InChI is InChI=1S/C20H33N3O/c1-4-12-23(16-20(24)21-17(2)3)19-11-8-13-22(15-19)14-18-9-6-5-7-10-18/h5-7,9-10,17,19H,4,8,11-16H2,1-3H3,(H,21,24). The number of carbonyl (C=O) groups is 1. The molecule has 0 bridgehead atoms. The van der Waals surface area contributed by atoms with E-state index in [1.165, 1.54) is 18.4 Å². The van der Waals surface area contributed by atoms with Crippen LogP contribution in [0.4, 0.5) is 0 Å². The number of benzene rings is 1. The molecule has 4 nitrogen and oxygen atoms in total. The number of hydrogen-bond donors (Lipinski definition) is 1. The fourth-order valence-electron chi connectivity index (χ4n) is 3.54. The van der Waals surface area contributed by atoms with Gasteiger partial charge >= 0.3 is 0 Å². The van der Waals surface area contributed by atoms with Gasteiger partial charge in [0.15, 0.2) is 0 Å². The Morgan fingerprint density at radius 3 is 2.75 bits per heavy atom. The SMILES string of the molecule is CCCN(CC(=O)NC(C)C)C1CCCN(Cc2ccccc2)C1. The number of rotatable bonds is 8. The molecule has 1 aromatic rings. The van der Waals surface area contributed by atoms with Gasteiger partial charge in [0.25, 0.3) is 0 Å². The third kappa shape index (κ3) is 6.25. The Bertz CT molecular complexity index is 489. The zero-order valence-corrected chi connectivity index (χ0v) is 15.5. The molecule has 2 rings (SSSR count). The molecule has 0 aromatic heterocycles. The monoisotopic (exact) mass is 331 g/mol. The van der Waals surface area contributed by atoms with Crippen LogP contribution in [0.3, 0.4) is 0 Å². The minimum Gasteiger partial charge on any atom is -0.353 e. The number of nitrogens with zero attached hydrogens (tertiary/aromatic N) is 2. The molecule has 1 N–H and O–H groups in total. The van der Waals surface area contributed by atoms with E-state index < -0.39 is 0 Å². The summed E-state index contributed by atoms with van der Waals surface area (Å²) in [7, 11) is 0. The van der Waals surface area contributed by atoms with E-state index in [1.807, 2.05) is 13.8 Å². The van der Waals surface area contributed by atoms with E-state index in [9.17, 15) is 4.79 Å². The number of amides is 1. The molecule has 0 saturated carbocycles. The van der Waals surface area contributed by atoms with Gasteiger partial charge in [-0.3, -0.25) is 14.6 Å². The van der Waals surface area contributed by atoms with Crippen LogP contribution in [0.25, 0.3) is 0 Å².